The number of phosphoric acid groups is 1. The van der Waals surface area contributed by atoms with Gasteiger partial charge in [0.05, 0.1) is 21.1 Å². The molecule has 8 heteroatoms. The first-order valence-electron chi connectivity index (χ1n) is 21.2. The molecule has 1 atom stereocenters. The van der Waals surface area contributed by atoms with Crippen LogP contribution in [0.1, 0.15) is 201 Å². The number of ketones is 2. The highest BCUT2D eigenvalue weighted by molar-refractivity contribution is 7.47. The first-order valence-corrected chi connectivity index (χ1v) is 22.7. The first kappa shape index (κ1) is 49.9. The quantitative estimate of drug-likeness (QED) is 0.0223. The van der Waals surface area contributed by atoms with Crippen LogP contribution < -0.4 is 0 Å². The third-order valence-electron chi connectivity index (χ3n) is 9.71. The number of nitrogens with zero attached hydrogens (tertiary/aromatic N) is 1. The van der Waals surface area contributed by atoms with Crippen LogP contribution in [0.4, 0.5) is 0 Å². The van der Waals surface area contributed by atoms with Crippen LogP contribution in [0.25, 0.3) is 0 Å². The molecule has 300 valence electrons. The molecule has 7 nitrogen and oxygen atoms in total. The zero-order chi connectivity index (χ0) is 38.1. The summed E-state index contributed by atoms with van der Waals surface area (Å²) in [6.45, 7) is 6.34. The summed E-state index contributed by atoms with van der Waals surface area (Å²) in [4.78, 5) is 37.5. The number of allylic oxidation sites excluding steroid dienone is 4. The third kappa shape index (κ3) is 31.0. The largest absolute Gasteiger partial charge is 0.473 e. The van der Waals surface area contributed by atoms with Gasteiger partial charge in [-0.25, -0.2) is 4.57 Å². The van der Waals surface area contributed by atoms with Crippen LogP contribution in [0.3, 0.4) is 0 Å². The second-order valence-corrected chi connectivity index (χ2v) is 17.3. The van der Waals surface area contributed by atoms with Gasteiger partial charge in [0.2, 0.25) is 0 Å². The third-order valence-corrected chi connectivity index (χ3v) is 10.8. The lowest BCUT2D eigenvalue weighted by molar-refractivity contribution is -0.870. The minimum atomic E-state index is -4.62. The second-order valence-electron chi connectivity index (χ2n) is 16.0. The Hall–Kier alpha value is -1.11. The molecule has 0 aliphatic rings. The van der Waals surface area contributed by atoms with Crippen LogP contribution in [0, 0.1) is 0 Å². The predicted octanol–water partition coefficient (Wildman–Crippen LogP) is 12.8. The van der Waals surface area contributed by atoms with Crippen molar-refractivity contribution in [3.8, 4) is 0 Å². The lowest BCUT2D eigenvalue weighted by Gasteiger charge is -2.29. The topological polar surface area (TPSA) is 89.9 Å². The van der Waals surface area contributed by atoms with Crippen molar-refractivity contribution in [2.75, 3.05) is 34.3 Å². The number of carbonyl (C=O) groups excluding carboxylic acids is 2. The molecular weight excluding hydrogens is 657 g/mol. The smallest absolute Gasteiger partial charge is 0.329 e. The summed E-state index contributed by atoms with van der Waals surface area (Å²) < 4.78 is 24.2. The van der Waals surface area contributed by atoms with E-state index in [1.165, 1.54) is 96.8 Å². The molecule has 0 rings (SSSR count). The van der Waals surface area contributed by atoms with E-state index in [-0.39, 0.29) is 19.4 Å². The Morgan fingerprint density at radius 2 is 0.882 bits per heavy atom. The number of carbonyl (C=O) groups is 2. The van der Waals surface area contributed by atoms with Crippen LogP contribution in [-0.2, 0) is 23.2 Å². The molecule has 0 aliphatic heterocycles. The van der Waals surface area contributed by atoms with E-state index >= 15 is 0 Å². The summed E-state index contributed by atoms with van der Waals surface area (Å²) in [5.41, 5.74) is -1.98. The molecule has 0 saturated heterocycles. The number of hydrogen-bond acceptors (Lipinski definition) is 5. The summed E-state index contributed by atoms with van der Waals surface area (Å²) in [7, 11) is 1.23. The van der Waals surface area contributed by atoms with E-state index in [9.17, 15) is 19.0 Å². The summed E-state index contributed by atoms with van der Waals surface area (Å²) in [6.07, 6.45) is 39.5. The van der Waals surface area contributed by atoms with Crippen molar-refractivity contribution in [1.29, 1.82) is 0 Å². The van der Waals surface area contributed by atoms with Gasteiger partial charge in [-0.2, -0.15) is 0 Å². The maximum Gasteiger partial charge on any atom is 0.473 e. The molecule has 0 heterocycles. The SMILES string of the molecule is CCCCCCCC/C=C\CCCCCCCC(=O)C(C)(OP(=O)(O)OCC[N+](C)(C)C)C(=O)CCCCCCC/C=C\CCCCCCCC. The number of quaternary nitrogens is 1. The lowest BCUT2D eigenvalue weighted by atomic mass is 9.89. The Morgan fingerprint density at radius 3 is 1.22 bits per heavy atom. The second kappa shape index (κ2) is 32.3. The average Bonchev–Trinajstić information content (AvgIpc) is 3.07. The highest BCUT2D eigenvalue weighted by Crippen LogP contribution is 2.48. The fourth-order valence-electron chi connectivity index (χ4n) is 6.13. The Labute approximate surface area is 316 Å². The van der Waals surface area contributed by atoms with Gasteiger partial charge < -0.3 is 9.38 Å². The van der Waals surface area contributed by atoms with Gasteiger partial charge in [0.15, 0.2) is 17.2 Å². The zero-order valence-corrected chi connectivity index (χ0v) is 35.3. The maximum atomic E-state index is 13.5. The fraction of sp³-hybridized carbons (Fsp3) is 0.860. The molecule has 0 spiro atoms. The minimum absolute atomic E-state index is 0.0157. The zero-order valence-electron chi connectivity index (χ0n) is 34.4. The molecule has 1 N–H and O–H groups in total. The van der Waals surface area contributed by atoms with Crippen molar-refractivity contribution in [3.05, 3.63) is 24.3 Å². The molecule has 0 aliphatic carbocycles. The highest BCUT2D eigenvalue weighted by atomic mass is 31.2. The van der Waals surface area contributed by atoms with Gasteiger partial charge in [-0.15, -0.1) is 0 Å². The highest BCUT2D eigenvalue weighted by Gasteiger charge is 2.46. The minimum Gasteiger partial charge on any atom is -0.329 e. The molecule has 0 aromatic heterocycles. The van der Waals surface area contributed by atoms with E-state index in [1.807, 2.05) is 21.1 Å². The van der Waals surface area contributed by atoms with Crippen molar-refractivity contribution in [2.24, 2.45) is 0 Å². The van der Waals surface area contributed by atoms with E-state index in [0.717, 1.165) is 64.2 Å². The van der Waals surface area contributed by atoms with Crippen molar-refractivity contribution < 1.29 is 32.6 Å². The molecule has 0 aromatic carbocycles. The Balaban J connectivity index is 4.62. The molecule has 1 unspecified atom stereocenters. The summed E-state index contributed by atoms with van der Waals surface area (Å²) in [5, 5.41) is 0. The average molecular weight is 741 g/mol. The molecule has 0 saturated carbocycles. The molecular formula is C43H83NO6P+. The van der Waals surface area contributed by atoms with Gasteiger partial charge in [0.1, 0.15) is 13.2 Å². The number of phosphoric ester groups is 1. The number of unbranched alkanes of at least 4 members (excludes halogenated alkanes) is 22. The van der Waals surface area contributed by atoms with E-state index < -0.39 is 25.0 Å². The normalized spacial score (nSPS) is 13.8. The van der Waals surface area contributed by atoms with E-state index in [4.69, 9.17) is 9.05 Å². The lowest BCUT2D eigenvalue weighted by Crippen LogP contribution is -2.46. The molecule has 0 amide bonds. The van der Waals surface area contributed by atoms with Gasteiger partial charge in [-0.3, -0.25) is 18.6 Å². The van der Waals surface area contributed by atoms with Gasteiger partial charge in [0, 0.05) is 12.8 Å². The van der Waals surface area contributed by atoms with Crippen LogP contribution in [0.2, 0.25) is 0 Å². The van der Waals surface area contributed by atoms with E-state index in [2.05, 4.69) is 38.2 Å². The number of Topliss-reactive ketones (excluding diaryl/α,β-unsaturated/α-hetero) is 2. The molecule has 0 bridgehead atoms. The van der Waals surface area contributed by atoms with Gasteiger partial charge in [-0.05, 0) is 71.1 Å². The van der Waals surface area contributed by atoms with E-state index in [1.54, 1.807) is 0 Å². The van der Waals surface area contributed by atoms with Crippen molar-refractivity contribution in [3.63, 3.8) is 0 Å². The number of rotatable bonds is 38. The van der Waals surface area contributed by atoms with Crippen molar-refractivity contribution in [1.82, 2.24) is 0 Å². The van der Waals surface area contributed by atoms with Gasteiger partial charge >= 0.3 is 7.82 Å². The Morgan fingerprint density at radius 1 is 0.569 bits per heavy atom. The number of likely N-dealkylation sites (N-methyl/N-ethyl adjacent to an activating group) is 1. The van der Waals surface area contributed by atoms with Crippen molar-refractivity contribution >= 4 is 19.4 Å². The van der Waals surface area contributed by atoms with Crippen LogP contribution >= 0.6 is 7.82 Å². The summed E-state index contributed by atoms with van der Waals surface area (Å²) in [5.74, 6) is -0.857. The van der Waals surface area contributed by atoms with Gasteiger partial charge in [-0.1, -0.05) is 141 Å². The Kier molecular flexibility index (Phi) is 31.6. The monoisotopic (exact) mass is 741 g/mol. The van der Waals surface area contributed by atoms with Crippen LogP contribution in [-0.4, -0.2) is 60.8 Å². The standard InChI is InChI=1S/C43H82NO6P/c1-7-9-11-13-15-17-19-21-23-25-27-29-31-33-35-37-41(45)43(3,50-51(47,48)49-40-39-44(4,5)6)42(46)38-36-34-32-30-28-26-24-22-20-18-16-14-12-10-8-2/h21-24H,7-20,25-40H2,1-6H3/p+1/b23-21-,24-22-. The predicted molar refractivity (Wildman–Crippen MR) is 217 cm³/mol. The first-order chi connectivity index (χ1) is 24.4. The molecule has 0 radical (unpaired) electrons. The maximum absolute atomic E-state index is 13.5. The Bertz CT molecular complexity index is 905. The van der Waals surface area contributed by atoms with Gasteiger partial charge in [0.25, 0.3) is 0 Å². The van der Waals surface area contributed by atoms with Crippen LogP contribution in [0.15, 0.2) is 24.3 Å². The molecule has 51 heavy (non-hydrogen) atoms. The fourth-order valence-corrected chi connectivity index (χ4v) is 7.16. The van der Waals surface area contributed by atoms with Crippen molar-refractivity contribution in [2.45, 2.75) is 206 Å². The van der Waals surface area contributed by atoms with E-state index in [0.29, 0.717) is 23.9 Å². The molecule has 0 aromatic rings. The summed E-state index contributed by atoms with van der Waals surface area (Å²) >= 11 is 0. The summed E-state index contributed by atoms with van der Waals surface area (Å²) in [6, 6.07) is 0. The number of hydrogen-bond donors (Lipinski definition) is 1. The van der Waals surface area contributed by atoms with Crippen LogP contribution in [0.5, 0.6) is 0 Å². The molecule has 0 fully saturated rings.